The number of nitrogens with zero attached hydrogens (tertiary/aromatic N) is 5. The van der Waals surface area contributed by atoms with Crippen molar-refractivity contribution in [2.24, 2.45) is 5.92 Å². The summed E-state index contributed by atoms with van der Waals surface area (Å²) < 4.78 is 1.93. The van der Waals surface area contributed by atoms with Crippen LogP contribution in [0.15, 0.2) is 30.6 Å². The van der Waals surface area contributed by atoms with Gasteiger partial charge in [0.15, 0.2) is 0 Å². The van der Waals surface area contributed by atoms with E-state index in [1.165, 1.54) is 50.4 Å². The third-order valence-corrected chi connectivity index (χ3v) is 4.83. The standard InChI is InChI=1S/C18H19N5O2/c24-18(25)13-6-7-19-14(8-13)15-9-16-17(10-20-15)23(22-21-16)11-12-4-2-1-3-5-12/h6-10,12H,1-5,11H2,(H,24,25). The van der Waals surface area contributed by atoms with Crippen molar-refractivity contribution < 1.29 is 9.90 Å². The minimum atomic E-state index is -0.983. The van der Waals surface area contributed by atoms with Gasteiger partial charge in [0.1, 0.15) is 11.0 Å². The topological polar surface area (TPSA) is 93.8 Å². The molecule has 3 aromatic heterocycles. The Morgan fingerprint density at radius 3 is 2.76 bits per heavy atom. The van der Waals surface area contributed by atoms with E-state index in [4.69, 9.17) is 5.11 Å². The average molecular weight is 337 g/mol. The lowest BCUT2D eigenvalue weighted by molar-refractivity contribution is 0.0697. The number of aromatic nitrogens is 5. The van der Waals surface area contributed by atoms with Crippen molar-refractivity contribution in [2.45, 2.75) is 38.6 Å². The number of carboxylic acid groups (broad SMARTS) is 1. The van der Waals surface area contributed by atoms with E-state index in [1.54, 1.807) is 6.20 Å². The summed E-state index contributed by atoms with van der Waals surface area (Å²) in [5.41, 5.74) is 2.96. The third kappa shape index (κ3) is 3.22. The Hall–Kier alpha value is -2.83. The smallest absolute Gasteiger partial charge is 0.335 e. The maximum atomic E-state index is 11.1. The Kier molecular flexibility index (Phi) is 4.13. The minimum absolute atomic E-state index is 0.188. The van der Waals surface area contributed by atoms with Gasteiger partial charge in [-0.25, -0.2) is 9.48 Å². The number of hydrogen-bond donors (Lipinski definition) is 1. The van der Waals surface area contributed by atoms with Crippen molar-refractivity contribution in [2.75, 3.05) is 0 Å². The molecule has 0 atom stereocenters. The van der Waals surface area contributed by atoms with Crippen LogP contribution in [0, 0.1) is 5.92 Å². The largest absolute Gasteiger partial charge is 0.478 e. The Morgan fingerprint density at radius 2 is 1.96 bits per heavy atom. The second-order valence-corrected chi connectivity index (χ2v) is 6.57. The molecular weight excluding hydrogens is 318 g/mol. The lowest BCUT2D eigenvalue weighted by Crippen LogP contribution is -2.15. The fourth-order valence-electron chi connectivity index (χ4n) is 3.46. The Bertz CT molecular complexity index is 915. The molecule has 3 aromatic rings. The van der Waals surface area contributed by atoms with Crippen LogP contribution in [0.4, 0.5) is 0 Å². The first-order valence-electron chi connectivity index (χ1n) is 8.59. The monoisotopic (exact) mass is 337 g/mol. The predicted octanol–water partition coefficient (Wildman–Crippen LogP) is 3.17. The molecule has 1 saturated carbocycles. The van der Waals surface area contributed by atoms with Crippen molar-refractivity contribution in [3.05, 3.63) is 36.2 Å². The van der Waals surface area contributed by atoms with E-state index in [1.807, 2.05) is 10.7 Å². The van der Waals surface area contributed by atoms with Gasteiger partial charge in [0.05, 0.1) is 23.1 Å². The van der Waals surface area contributed by atoms with Gasteiger partial charge in [0.25, 0.3) is 0 Å². The van der Waals surface area contributed by atoms with Gasteiger partial charge in [-0.2, -0.15) is 0 Å². The molecule has 0 unspecified atom stereocenters. The van der Waals surface area contributed by atoms with Crippen LogP contribution in [-0.2, 0) is 6.54 Å². The highest BCUT2D eigenvalue weighted by Crippen LogP contribution is 2.26. The molecule has 0 spiro atoms. The molecule has 0 aliphatic heterocycles. The fraction of sp³-hybridized carbons (Fsp3) is 0.389. The van der Waals surface area contributed by atoms with Crippen LogP contribution in [0.3, 0.4) is 0 Å². The molecule has 4 rings (SSSR count). The fourth-order valence-corrected chi connectivity index (χ4v) is 3.46. The zero-order valence-corrected chi connectivity index (χ0v) is 13.8. The zero-order valence-electron chi connectivity index (χ0n) is 13.8. The molecular formula is C18H19N5O2. The number of carboxylic acids is 1. The normalized spacial score (nSPS) is 15.5. The van der Waals surface area contributed by atoms with Crippen LogP contribution in [0.1, 0.15) is 42.5 Å². The Morgan fingerprint density at radius 1 is 1.16 bits per heavy atom. The zero-order chi connectivity index (χ0) is 17.2. The maximum Gasteiger partial charge on any atom is 0.335 e. The van der Waals surface area contributed by atoms with E-state index in [-0.39, 0.29) is 5.56 Å². The van der Waals surface area contributed by atoms with Crippen molar-refractivity contribution in [1.82, 2.24) is 25.0 Å². The summed E-state index contributed by atoms with van der Waals surface area (Å²) in [5.74, 6) is -0.324. The number of fused-ring (bicyclic) bond motifs is 1. The van der Waals surface area contributed by atoms with Gasteiger partial charge in [0.2, 0.25) is 0 Å². The third-order valence-electron chi connectivity index (χ3n) is 4.83. The van der Waals surface area contributed by atoms with Crippen LogP contribution in [-0.4, -0.2) is 36.0 Å². The summed E-state index contributed by atoms with van der Waals surface area (Å²) in [7, 11) is 0. The van der Waals surface area contributed by atoms with Gasteiger partial charge in [-0.05, 0) is 37.0 Å². The van der Waals surface area contributed by atoms with Crippen LogP contribution < -0.4 is 0 Å². The Labute approximate surface area is 144 Å². The van der Waals surface area contributed by atoms with E-state index in [0.29, 0.717) is 17.3 Å². The quantitative estimate of drug-likeness (QED) is 0.786. The van der Waals surface area contributed by atoms with E-state index >= 15 is 0 Å². The van der Waals surface area contributed by atoms with Gasteiger partial charge in [-0.1, -0.05) is 24.5 Å². The Balaban J connectivity index is 1.63. The first kappa shape index (κ1) is 15.7. The summed E-state index contributed by atoms with van der Waals surface area (Å²) >= 11 is 0. The van der Waals surface area contributed by atoms with Gasteiger partial charge in [-0.15, -0.1) is 5.10 Å². The lowest BCUT2D eigenvalue weighted by Gasteiger charge is -2.21. The number of carbonyl (C=O) groups is 1. The van der Waals surface area contributed by atoms with Crippen LogP contribution >= 0.6 is 0 Å². The molecule has 7 nitrogen and oxygen atoms in total. The molecule has 1 aliphatic rings. The molecule has 128 valence electrons. The number of aromatic carboxylic acids is 1. The summed E-state index contributed by atoms with van der Waals surface area (Å²) in [6.45, 7) is 0.879. The van der Waals surface area contributed by atoms with Crippen LogP contribution in [0.25, 0.3) is 22.4 Å². The molecule has 0 radical (unpaired) electrons. The summed E-state index contributed by atoms with van der Waals surface area (Å²) in [6.07, 6.45) is 9.66. The summed E-state index contributed by atoms with van der Waals surface area (Å²) in [6, 6.07) is 4.79. The summed E-state index contributed by atoms with van der Waals surface area (Å²) in [4.78, 5) is 19.8. The van der Waals surface area contributed by atoms with Crippen molar-refractivity contribution in [3.63, 3.8) is 0 Å². The van der Waals surface area contributed by atoms with Crippen molar-refractivity contribution in [1.29, 1.82) is 0 Å². The second kappa shape index (κ2) is 6.58. The van der Waals surface area contributed by atoms with Crippen molar-refractivity contribution >= 4 is 17.0 Å². The first-order valence-corrected chi connectivity index (χ1v) is 8.59. The van der Waals surface area contributed by atoms with E-state index in [9.17, 15) is 4.79 Å². The molecule has 7 heteroatoms. The predicted molar refractivity (Wildman–Crippen MR) is 92.1 cm³/mol. The lowest BCUT2D eigenvalue weighted by atomic mass is 9.89. The highest BCUT2D eigenvalue weighted by Gasteiger charge is 2.17. The molecule has 1 aliphatic carbocycles. The van der Waals surface area contributed by atoms with E-state index < -0.39 is 5.97 Å². The van der Waals surface area contributed by atoms with Gasteiger partial charge in [0, 0.05) is 12.7 Å². The minimum Gasteiger partial charge on any atom is -0.478 e. The number of hydrogen-bond acceptors (Lipinski definition) is 5. The van der Waals surface area contributed by atoms with Crippen molar-refractivity contribution in [3.8, 4) is 11.4 Å². The average Bonchev–Trinajstić information content (AvgIpc) is 3.05. The van der Waals surface area contributed by atoms with Gasteiger partial charge < -0.3 is 5.11 Å². The molecule has 1 N–H and O–H groups in total. The molecule has 3 heterocycles. The van der Waals surface area contributed by atoms with Crippen LogP contribution in [0.5, 0.6) is 0 Å². The molecule has 0 amide bonds. The molecule has 0 bridgehead atoms. The molecule has 25 heavy (non-hydrogen) atoms. The first-order chi connectivity index (χ1) is 12.2. The SMILES string of the molecule is O=C(O)c1ccnc(-c2cc3nnn(CC4CCCCC4)c3cn2)c1. The number of rotatable bonds is 4. The second-order valence-electron chi connectivity index (χ2n) is 6.57. The maximum absolute atomic E-state index is 11.1. The van der Waals surface area contributed by atoms with Gasteiger partial charge in [-0.3, -0.25) is 9.97 Å². The van der Waals surface area contributed by atoms with E-state index in [0.717, 1.165) is 17.6 Å². The number of pyridine rings is 2. The highest BCUT2D eigenvalue weighted by molar-refractivity contribution is 5.89. The van der Waals surface area contributed by atoms with Gasteiger partial charge >= 0.3 is 5.97 Å². The van der Waals surface area contributed by atoms with E-state index in [2.05, 4.69) is 20.3 Å². The molecule has 1 fully saturated rings. The highest BCUT2D eigenvalue weighted by atomic mass is 16.4. The molecule has 0 saturated heterocycles. The van der Waals surface area contributed by atoms with Crippen LogP contribution in [0.2, 0.25) is 0 Å². The summed E-state index contributed by atoms with van der Waals surface area (Å²) in [5, 5.41) is 17.7. The molecule has 0 aromatic carbocycles.